The number of aromatic nitrogens is 1. The van der Waals surface area contributed by atoms with Gasteiger partial charge in [-0.1, -0.05) is 11.6 Å². The zero-order valence-electron chi connectivity index (χ0n) is 10.1. The van der Waals surface area contributed by atoms with Gasteiger partial charge in [0.2, 0.25) is 5.56 Å². The van der Waals surface area contributed by atoms with Crippen molar-refractivity contribution in [2.75, 3.05) is 0 Å². The molecule has 102 valence electrons. The molecule has 6 nitrogen and oxygen atoms in total. The fraction of sp³-hybridized carbons (Fsp3) is 0. The van der Waals surface area contributed by atoms with Crippen LogP contribution in [-0.4, -0.2) is 16.8 Å². The lowest BCUT2D eigenvalue weighted by molar-refractivity contribution is 0.0846. The van der Waals surface area contributed by atoms with Crippen molar-refractivity contribution in [3.63, 3.8) is 0 Å². The van der Waals surface area contributed by atoms with Gasteiger partial charge < -0.3 is 4.98 Å². The Morgan fingerprint density at radius 3 is 2.00 bits per heavy atom. The van der Waals surface area contributed by atoms with Crippen molar-refractivity contribution in [1.82, 2.24) is 15.8 Å². The van der Waals surface area contributed by atoms with Crippen molar-refractivity contribution in [3.8, 4) is 0 Å². The van der Waals surface area contributed by atoms with Gasteiger partial charge in [0, 0.05) is 22.8 Å². The van der Waals surface area contributed by atoms with Crippen molar-refractivity contribution in [2.24, 2.45) is 0 Å². The highest BCUT2D eigenvalue weighted by Crippen LogP contribution is 2.08. The number of carbonyl (C=O) groups excluding carboxylic acids is 2. The van der Waals surface area contributed by atoms with E-state index in [-0.39, 0.29) is 11.1 Å². The minimum absolute atomic E-state index is 0.223. The lowest BCUT2D eigenvalue weighted by Gasteiger charge is -2.07. The van der Waals surface area contributed by atoms with Crippen molar-refractivity contribution in [1.29, 1.82) is 0 Å². The van der Waals surface area contributed by atoms with Crippen LogP contribution in [0.4, 0.5) is 0 Å². The third-order valence-corrected chi connectivity index (χ3v) is 2.69. The van der Waals surface area contributed by atoms with Gasteiger partial charge in [0.25, 0.3) is 11.8 Å². The predicted molar refractivity (Wildman–Crippen MR) is 73.4 cm³/mol. The smallest absolute Gasteiger partial charge is 0.271 e. The van der Waals surface area contributed by atoms with E-state index in [4.69, 9.17) is 11.6 Å². The molecule has 1 heterocycles. The number of H-pyrrole nitrogens is 1. The molecule has 0 unspecified atom stereocenters. The van der Waals surface area contributed by atoms with E-state index in [9.17, 15) is 14.4 Å². The molecule has 0 fully saturated rings. The lowest BCUT2D eigenvalue weighted by Crippen LogP contribution is -2.41. The SMILES string of the molecule is O=C(NNC(=O)c1ccc(=O)[nH]c1)c1ccc(Cl)cc1. The molecule has 20 heavy (non-hydrogen) atoms. The molecule has 1 aromatic heterocycles. The maximum atomic E-state index is 11.7. The number of amides is 2. The fourth-order valence-electron chi connectivity index (χ4n) is 1.41. The molecule has 1 aromatic carbocycles. The van der Waals surface area contributed by atoms with Gasteiger partial charge in [-0.15, -0.1) is 0 Å². The summed E-state index contributed by atoms with van der Waals surface area (Å²) in [4.78, 5) is 36.6. The van der Waals surface area contributed by atoms with E-state index < -0.39 is 11.8 Å². The van der Waals surface area contributed by atoms with Gasteiger partial charge in [0.15, 0.2) is 0 Å². The van der Waals surface area contributed by atoms with Gasteiger partial charge in [0.05, 0.1) is 5.56 Å². The minimum Gasteiger partial charge on any atom is -0.328 e. The maximum absolute atomic E-state index is 11.7. The summed E-state index contributed by atoms with van der Waals surface area (Å²) in [6, 6.07) is 8.77. The summed E-state index contributed by atoms with van der Waals surface area (Å²) < 4.78 is 0. The highest BCUT2D eigenvalue weighted by atomic mass is 35.5. The number of carbonyl (C=O) groups is 2. The molecular weight excluding hydrogens is 282 g/mol. The molecule has 0 aliphatic heterocycles. The molecule has 2 rings (SSSR count). The molecule has 0 saturated heterocycles. The van der Waals surface area contributed by atoms with E-state index in [1.54, 1.807) is 12.1 Å². The lowest BCUT2D eigenvalue weighted by atomic mass is 10.2. The summed E-state index contributed by atoms with van der Waals surface area (Å²) in [5, 5.41) is 0.513. The van der Waals surface area contributed by atoms with E-state index in [1.807, 2.05) is 0 Å². The molecule has 0 saturated carbocycles. The predicted octanol–water partition coefficient (Wildman–Crippen LogP) is 1.10. The Bertz CT molecular complexity index is 674. The Morgan fingerprint density at radius 2 is 1.45 bits per heavy atom. The first-order valence-electron chi connectivity index (χ1n) is 5.61. The van der Waals surface area contributed by atoms with Crippen LogP contribution in [0.5, 0.6) is 0 Å². The third-order valence-electron chi connectivity index (χ3n) is 2.44. The molecule has 7 heteroatoms. The maximum Gasteiger partial charge on any atom is 0.271 e. The first kappa shape index (κ1) is 13.8. The molecule has 0 bridgehead atoms. The minimum atomic E-state index is -0.538. The monoisotopic (exact) mass is 291 g/mol. The number of pyridine rings is 1. The van der Waals surface area contributed by atoms with Crippen LogP contribution < -0.4 is 16.4 Å². The molecule has 2 amide bonds. The van der Waals surface area contributed by atoms with Crippen LogP contribution in [0.1, 0.15) is 20.7 Å². The first-order valence-corrected chi connectivity index (χ1v) is 5.99. The zero-order valence-corrected chi connectivity index (χ0v) is 10.9. The van der Waals surface area contributed by atoms with Crippen LogP contribution in [0.25, 0.3) is 0 Å². The van der Waals surface area contributed by atoms with E-state index >= 15 is 0 Å². The van der Waals surface area contributed by atoms with Crippen LogP contribution in [0, 0.1) is 0 Å². The van der Waals surface area contributed by atoms with E-state index in [0.717, 1.165) is 0 Å². The normalized spacial score (nSPS) is 9.85. The van der Waals surface area contributed by atoms with Crippen molar-refractivity contribution < 1.29 is 9.59 Å². The average molecular weight is 292 g/mol. The summed E-state index contributed by atoms with van der Waals surface area (Å²) in [5.74, 6) is -1.01. The molecule has 2 aromatic rings. The number of nitrogens with one attached hydrogen (secondary N) is 3. The summed E-state index contributed by atoms with van der Waals surface area (Å²) in [6.45, 7) is 0. The van der Waals surface area contributed by atoms with Crippen LogP contribution >= 0.6 is 11.6 Å². The second-order valence-electron chi connectivity index (χ2n) is 3.86. The number of halogens is 1. The third kappa shape index (κ3) is 3.46. The van der Waals surface area contributed by atoms with Crippen LogP contribution in [-0.2, 0) is 0 Å². The number of rotatable bonds is 2. The van der Waals surface area contributed by atoms with Crippen molar-refractivity contribution >= 4 is 23.4 Å². The van der Waals surface area contributed by atoms with Crippen molar-refractivity contribution in [2.45, 2.75) is 0 Å². The van der Waals surface area contributed by atoms with Crippen LogP contribution in [0.3, 0.4) is 0 Å². The fourth-order valence-corrected chi connectivity index (χ4v) is 1.54. The Balaban J connectivity index is 1.96. The number of hydrogen-bond donors (Lipinski definition) is 3. The molecule has 0 spiro atoms. The number of hydrogen-bond acceptors (Lipinski definition) is 3. The van der Waals surface area contributed by atoms with Gasteiger partial charge in [-0.25, -0.2) is 0 Å². The molecule has 0 radical (unpaired) electrons. The van der Waals surface area contributed by atoms with E-state index in [1.165, 1.54) is 30.5 Å². The Kier molecular flexibility index (Phi) is 4.17. The Hall–Kier alpha value is -2.60. The van der Waals surface area contributed by atoms with Gasteiger partial charge in [-0.05, 0) is 30.3 Å². The van der Waals surface area contributed by atoms with Crippen molar-refractivity contribution in [3.05, 3.63) is 69.1 Å². The second-order valence-corrected chi connectivity index (χ2v) is 4.29. The zero-order chi connectivity index (χ0) is 14.5. The van der Waals surface area contributed by atoms with Crippen LogP contribution in [0.15, 0.2) is 47.4 Å². The van der Waals surface area contributed by atoms with E-state index in [0.29, 0.717) is 10.6 Å². The summed E-state index contributed by atoms with van der Waals surface area (Å²) >= 11 is 5.71. The molecule has 0 aliphatic rings. The quantitative estimate of drug-likeness (QED) is 0.724. The summed E-state index contributed by atoms with van der Waals surface area (Å²) in [6.07, 6.45) is 1.26. The highest BCUT2D eigenvalue weighted by Gasteiger charge is 2.08. The highest BCUT2D eigenvalue weighted by molar-refractivity contribution is 6.30. The van der Waals surface area contributed by atoms with Gasteiger partial charge in [-0.2, -0.15) is 0 Å². The summed E-state index contributed by atoms with van der Waals surface area (Å²) in [5.41, 5.74) is 4.76. The molecule has 3 N–H and O–H groups in total. The van der Waals surface area contributed by atoms with Crippen LogP contribution in [0.2, 0.25) is 5.02 Å². The Morgan fingerprint density at radius 1 is 0.900 bits per heavy atom. The van der Waals surface area contributed by atoms with Gasteiger partial charge in [-0.3, -0.25) is 25.2 Å². The molecular formula is C13H10ClN3O3. The van der Waals surface area contributed by atoms with Gasteiger partial charge >= 0.3 is 0 Å². The summed E-state index contributed by atoms with van der Waals surface area (Å²) in [7, 11) is 0. The molecule has 0 aliphatic carbocycles. The standard InChI is InChI=1S/C13H10ClN3O3/c14-10-4-1-8(2-5-10)12(19)16-17-13(20)9-3-6-11(18)15-7-9/h1-7H,(H,15,18)(H,16,19)(H,17,20). The number of aromatic amines is 1. The number of hydrazine groups is 1. The largest absolute Gasteiger partial charge is 0.328 e. The number of benzene rings is 1. The average Bonchev–Trinajstić information content (AvgIpc) is 2.46. The second kappa shape index (κ2) is 6.03. The molecule has 0 atom stereocenters. The first-order chi connectivity index (χ1) is 9.56. The Labute approximate surface area is 118 Å². The topological polar surface area (TPSA) is 91.1 Å². The van der Waals surface area contributed by atoms with E-state index in [2.05, 4.69) is 15.8 Å². The van der Waals surface area contributed by atoms with Gasteiger partial charge in [0.1, 0.15) is 0 Å².